The van der Waals surface area contributed by atoms with Gasteiger partial charge in [0.15, 0.2) is 5.88 Å². The summed E-state index contributed by atoms with van der Waals surface area (Å²) >= 11 is 0. The molecule has 0 atom stereocenters. The van der Waals surface area contributed by atoms with Gasteiger partial charge in [-0.3, -0.25) is 4.90 Å². The van der Waals surface area contributed by atoms with E-state index >= 15 is 0 Å². The largest absolute Gasteiger partial charge is 0.494 e. The van der Waals surface area contributed by atoms with Crippen LogP contribution in [0.3, 0.4) is 0 Å². The molecule has 3 heterocycles. The maximum Gasteiger partial charge on any atom is 0.199 e. The Labute approximate surface area is 175 Å². The van der Waals surface area contributed by atoms with Gasteiger partial charge in [-0.05, 0) is 38.1 Å². The van der Waals surface area contributed by atoms with Gasteiger partial charge in [0.05, 0.1) is 11.3 Å². The van der Waals surface area contributed by atoms with E-state index in [-0.39, 0.29) is 18.3 Å². The highest BCUT2D eigenvalue weighted by Crippen LogP contribution is 2.35. The normalized spacial score (nSPS) is 17.4. The van der Waals surface area contributed by atoms with Crippen molar-refractivity contribution in [2.24, 2.45) is 10.1 Å². The number of likely N-dealkylation sites (tertiary alicyclic amines) is 1. The van der Waals surface area contributed by atoms with Gasteiger partial charge in [0.25, 0.3) is 0 Å². The average Bonchev–Trinajstić information content (AvgIpc) is 3.42. The molecule has 0 radical (unpaired) electrons. The second-order valence-electron chi connectivity index (χ2n) is 7.19. The number of halogens is 1. The SMILES string of the molecule is Cl.Oc1[nH]c2ccccc2c1C1=Nc2ccccc2/C1=N\OCCN1CCCC1. The third-order valence-corrected chi connectivity index (χ3v) is 5.39. The van der Waals surface area contributed by atoms with Gasteiger partial charge >= 0.3 is 0 Å². The van der Waals surface area contributed by atoms with Crippen molar-refractivity contribution < 1.29 is 9.94 Å². The van der Waals surface area contributed by atoms with Crippen LogP contribution in [0.25, 0.3) is 10.9 Å². The average molecular weight is 411 g/mol. The van der Waals surface area contributed by atoms with Crippen molar-refractivity contribution in [2.75, 3.05) is 26.2 Å². The highest BCUT2D eigenvalue weighted by atomic mass is 35.5. The fraction of sp³-hybridized carbons (Fsp3) is 0.273. The minimum atomic E-state index is 0. The number of aromatic nitrogens is 1. The standard InChI is InChI=1S/C22H22N4O2.ClH/c27-22-19(15-7-1-3-9-17(15)24-22)21-20(16-8-2-4-10-18(16)23-21)25-28-14-13-26-11-5-6-12-26;/h1-4,7-10,24,27H,5-6,11-14H2;1H/b25-20+;. The number of H-pyrrole nitrogens is 1. The molecule has 2 aliphatic rings. The van der Waals surface area contributed by atoms with E-state index in [1.54, 1.807) is 0 Å². The van der Waals surface area contributed by atoms with Gasteiger partial charge in [0, 0.05) is 23.0 Å². The summed E-state index contributed by atoms with van der Waals surface area (Å²) in [5.74, 6) is 0.0949. The molecule has 5 rings (SSSR count). The van der Waals surface area contributed by atoms with E-state index in [1.165, 1.54) is 12.8 Å². The molecule has 2 aromatic carbocycles. The topological polar surface area (TPSA) is 73.2 Å². The van der Waals surface area contributed by atoms with E-state index in [0.717, 1.165) is 41.8 Å². The molecule has 150 valence electrons. The van der Waals surface area contributed by atoms with E-state index in [4.69, 9.17) is 9.83 Å². The highest BCUT2D eigenvalue weighted by molar-refractivity contribution is 6.58. The van der Waals surface area contributed by atoms with Crippen LogP contribution < -0.4 is 0 Å². The first-order valence-corrected chi connectivity index (χ1v) is 9.72. The van der Waals surface area contributed by atoms with Gasteiger partial charge in [0.2, 0.25) is 0 Å². The van der Waals surface area contributed by atoms with Crippen molar-refractivity contribution in [3.63, 3.8) is 0 Å². The molecular weight excluding hydrogens is 388 g/mol. The van der Waals surface area contributed by atoms with Crippen molar-refractivity contribution in [1.82, 2.24) is 9.88 Å². The van der Waals surface area contributed by atoms with Gasteiger partial charge in [-0.2, -0.15) is 0 Å². The first-order chi connectivity index (χ1) is 13.8. The molecule has 0 saturated carbocycles. The number of hydrogen-bond donors (Lipinski definition) is 2. The van der Waals surface area contributed by atoms with E-state index in [2.05, 4.69) is 15.0 Å². The lowest BCUT2D eigenvalue weighted by Crippen LogP contribution is -2.23. The summed E-state index contributed by atoms with van der Waals surface area (Å²) in [5, 5.41) is 15.9. The van der Waals surface area contributed by atoms with Gasteiger partial charge in [-0.25, -0.2) is 4.99 Å². The van der Waals surface area contributed by atoms with Crippen molar-refractivity contribution in [2.45, 2.75) is 12.8 Å². The number of nitrogens with zero attached hydrogens (tertiary/aromatic N) is 3. The van der Waals surface area contributed by atoms with Crippen LogP contribution in [0.5, 0.6) is 5.88 Å². The van der Waals surface area contributed by atoms with Crippen molar-refractivity contribution >= 4 is 40.4 Å². The summed E-state index contributed by atoms with van der Waals surface area (Å²) in [7, 11) is 0. The molecule has 1 fully saturated rings. The summed E-state index contributed by atoms with van der Waals surface area (Å²) in [4.78, 5) is 15.9. The minimum Gasteiger partial charge on any atom is -0.494 e. The van der Waals surface area contributed by atoms with Crippen LogP contribution in [0, 0.1) is 0 Å². The van der Waals surface area contributed by atoms with Crippen LogP contribution in [0.2, 0.25) is 0 Å². The summed E-state index contributed by atoms with van der Waals surface area (Å²) in [6.45, 7) is 3.69. The zero-order valence-corrected chi connectivity index (χ0v) is 16.8. The molecule has 3 aromatic rings. The van der Waals surface area contributed by atoms with E-state index in [9.17, 15) is 5.11 Å². The van der Waals surface area contributed by atoms with Crippen LogP contribution in [0.4, 0.5) is 5.69 Å². The Morgan fingerprint density at radius 2 is 1.83 bits per heavy atom. The predicted molar refractivity (Wildman–Crippen MR) is 118 cm³/mol. The lowest BCUT2D eigenvalue weighted by molar-refractivity contribution is 0.119. The van der Waals surface area contributed by atoms with Gasteiger partial charge < -0.3 is 14.9 Å². The fourth-order valence-electron chi connectivity index (χ4n) is 3.99. The van der Waals surface area contributed by atoms with Crippen LogP contribution >= 0.6 is 12.4 Å². The van der Waals surface area contributed by atoms with Crippen molar-refractivity contribution in [3.05, 3.63) is 59.7 Å². The second kappa shape index (κ2) is 8.27. The minimum absolute atomic E-state index is 0. The Morgan fingerprint density at radius 1 is 1.07 bits per heavy atom. The number of hydrogen-bond acceptors (Lipinski definition) is 5. The first kappa shape index (κ1) is 19.5. The molecule has 2 N–H and O–H groups in total. The number of aromatic amines is 1. The second-order valence-corrected chi connectivity index (χ2v) is 7.19. The molecule has 0 unspecified atom stereocenters. The Balaban J connectivity index is 0.00000205. The molecule has 6 nitrogen and oxygen atoms in total. The Hall–Kier alpha value is -2.83. The molecule has 0 aliphatic carbocycles. The van der Waals surface area contributed by atoms with Crippen LogP contribution in [-0.4, -0.2) is 52.7 Å². The third-order valence-electron chi connectivity index (χ3n) is 5.39. The number of aromatic hydroxyl groups is 1. The van der Waals surface area contributed by atoms with Crippen LogP contribution in [0.1, 0.15) is 24.0 Å². The number of benzene rings is 2. The molecule has 7 heteroatoms. The van der Waals surface area contributed by atoms with Gasteiger partial charge in [-0.1, -0.05) is 41.6 Å². The number of oxime groups is 1. The zero-order valence-electron chi connectivity index (χ0n) is 16.0. The smallest absolute Gasteiger partial charge is 0.199 e. The third kappa shape index (κ3) is 3.61. The molecule has 1 aromatic heterocycles. The number of aliphatic imine (C=N–C) groups is 1. The van der Waals surface area contributed by atoms with Crippen molar-refractivity contribution in [3.8, 4) is 5.88 Å². The number of fused-ring (bicyclic) bond motifs is 2. The first-order valence-electron chi connectivity index (χ1n) is 9.72. The monoisotopic (exact) mass is 410 g/mol. The van der Waals surface area contributed by atoms with E-state index in [0.29, 0.717) is 23.6 Å². The van der Waals surface area contributed by atoms with Gasteiger partial charge in [0.1, 0.15) is 18.0 Å². The predicted octanol–water partition coefficient (Wildman–Crippen LogP) is 4.25. The van der Waals surface area contributed by atoms with Gasteiger partial charge in [-0.15, -0.1) is 12.4 Å². The summed E-state index contributed by atoms with van der Waals surface area (Å²) < 4.78 is 0. The molecule has 29 heavy (non-hydrogen) atoms. The maximum atomic E-state index is 10.6. The number of para-hydroxylation sites is 2. The number of nitrogens with one attached hydrogen (secondary N) is 1. The fourth-order valence-corrected chi connectivity index (χ4v) is 3.99. The summed E-state index contributed by atoms with van der Waals surface area (Å²) in [5.41, 5.74) is 4.58. The molecule has 0 bridgehead atoms. The molecule has 1 saturated heterocycles. The Bertz CT molecular complexity index is 1080. The zero-order chi connectivity index (χ0) is 18.9. The van der Waals surface area contributed by atoms with E-state index in [1.807, 2.05) is 48.5 Å². The van der Waals surface area contributed by atoms with Crippen LogP contribution in [-0.2, 0) is 4.84 Å². The van der Waals surface area contributed by atoms with Crippen LogP contribution in [0.15, 0.2) is 58.7 Å². The Morgan fingerprint density at radius 3 is 2.69 bits per heavy atom. The maximum absolute atomic E-state index is 10.6. The molecule has 0 spiro atoms. The molecule has 2 aliphatic heterocycles. The van der Waals surface area contributed by atoms with E-state index < -0.39 is 0 Å². The molecular formula is C22H23ClN4O2. The molecule has 0 amide bonds. The number of rotatable bonds is 5. The summed E-state index contributed by atoms with van der Waals surface area (Å²) in [6.07, 6.45) is 2.52. The summed E-state index contributed by atoms with van der Waals surface area (Å²) in [6, 6.07) is 15.6. The Kier molecular flexibility index (Phi) is 5.56. The lowest BCUT2D eigenvalue weighted by Gasteiger charge is -2.13. The van der Waals surface area contributed by atoms with Crippen molar-refractivity contribution in [1.29, 1.82) is 0 Å². The highest BCUT2D eigenvalue weighted by Gasteiger charge is 2.29. The quantitative estimate of drug-likeness (QED) is 0.488. The lowest BCUT2D eigenvalue weighted by atomic mass is 10.0.